The van der Waals surface area contributed by atoms with Gasteiger partial charge in [0.2, 0.25) is 0 Å². The lowest BCUT2D eigenvalue weighted by Gasteiger charge is -2.35. The smallest absolute Gasteiger partial charge is 0.0452 e. The Labute approximate surface area is 116 Å². The third-order valence-electron chi connectivity index (χ3n) is 3.01. The van der Waals surface area contributed by atoms with Crippen LogP contribution in [0.4, 0.5) is 0 Å². The van der Waals surface area contributed by atoms with Gasteiger partial charge in [0.05, 0.1) is 0 Å². The highest BCUT2D eigenvalue weighted by molar-refractivity contribution is 6.76. The number of aryl methyl sites for hydroxylation is 1. The second-order valence-corrected chi connectivity index (χ2v) is 12.2. The van der Waals surface area contributed by atoms with E-state index in [0.717, 1.165) is 6.04 Å². The number of rotatable bonds is 5. The summed E-state index contributed by atoms with van der Waals surface area (Å²) >= 11 is 12.5. The molecule has 0 aliphatic carbocycles. The Hall–Kier alpha value is 0.0169. The first kappa shape index (κ1) is 15.1. The molecule has 0 amide bonds. The minimum absolute atomic E-state index is 0.0559. The fourth-order valence-corrected chi connectivity index (χ4v) is 5.96. The SMILES string of the molecule is Cc1cccc(C(CCl)(CCl)C[Si](C)(C)C)c1. The van der Waals surface area contributed by atoms with E-state index in [2.05, 4.69) is 50.8 Å². The first-order chi connectivity index (χ1) is 7.83. The van der Waals surface area contributed by atoms with Crippen LogP contribution in [0.5, 0.6) is 0 Å². The van der Waals surface area contributed by atoms with Crippen molar-refractivity contribution in [3.63, 3.8) is 0 Å². The van der Waals surface area contributed by atoms with E-state index >= 15 is 0 Å². The maximum atomic E-state index is 6.26. The van der Waals surface area contributed by atoms with Crippen LogP contribution in [0, 0.1) is 6.92 Å². The van der Waals surface area contributed by atoms with Crippen molar-refractivity contribution < 1.29 is 0 Å². The van der Waals surface area contributed by atoms with Crippen LogP contribution in [0.2, 0.25) is 25.7 Å². The predicted molar refractivity (Wildman–Crippen MR) is 82.5 cm³/mol. The number of hydrogen-bond acceptors (Lipinski definition) is 0. The minimum Gasteiger partial charge on any atom is -0.126 e. The molecule has 0 radical (unpaired) electrons. The number of halogens is 2. The molecule has 1 aromatic carbocycles. The van der Waals surface area contributed by atoms with Crippen molar-refractivity contribution in [3.8, 4) is 0 Å². The molecular formula is C14H22Cl2Si. The lowest BCUT2D eigenvalue weighted by Crippen LogP contribution is -2.39. The zero-order chi connectivity index (χ0) is 13.1. The van der Waals surface area contributed by atoms with Gasteiger partial charge in [-0.1, -0.05) is 49.5 Å². The summed E-state index contributed by atoms with van der Waals surface area (Å²) < 4.78 is 0. The molecular weight excluding hydrogens is 267 g/mol. The molecule has 0 bridgehead atoms. The zero-order valence-corrected chi connectivity index (χ0v) is 13.7. The summed E-state index contributed by atoms with van der Waals surface area (Å²) in [5, 5.41) is 0. The molecule has 0 saturated heterocycles. The molecule has 0 unspecified atom stereocenters. The second-order valence-electron chi connectivity index (χ2n) is 6.15. The second kappa shape index (κ2) is 5.77. The van der Waals surface area contributed by atoms with Gasteiger partial charge < -0.3 is 0 Å². The maximum Gasteiger partial charge on any atom is 0.0452 e. The Morgan fingerprint density at radius 3 is 2.12 bits per heavy atom. The summed E-state index contributed by atoms with van der Waals surface area (Å²) in [7, 11) is -1.20. The van der Waals surface area contributed by atoms with Crippen molar-refractivity contribution in [2.24, 2.45) is 0 Å². The topological polar surface area (TPSA) is 0 Å². The average Bonchev–Trinajstić information content (AvgIpc) is 2.25. The van der Waals surface area contributed by atoms with Gasteiger partial charge in [0.1, 0.15) is 0 Å². The van der Waals surface area contributed by atoms with Gasteiger partial charge in [-0.05, 0) is 18.5 Å². The van der Waals surface area contributed by atoms with E-state index in [0.29, 0.717) is 11.8 Å². The van der Waals surface area contributed by atoms with Crippen LogP contribution in [0.15, 0.2) is 24.3 Å². The molecule has 17 heavy (non-hydrogen) atoms. The largest absolute Gasteiger partial charge is 0.126 e. The summed E-state index contributed by atoms with van der Waals surface area (Å²) in [6.07, 6.45) is 0. The molecule has 0 aliphatic heterocycles. The van der Waals surface area contributed by atoms with E-state index < -0.39 is 8.07 Å². The summed E-state index contributed by atoms with van der Waals surface area (Å²) in [4.78, 5) is 0. The van der Waals surface area contributed by atoms with Crippen LogP contribution in [0.1, 0.15) is 11.1 Å². The fourth-order valence-electron chi connectivity index (χ4n) is 2.38. The fraction of sp³-hybridized carbons (Fsp3) is 0.571. The first-order valence-electron chi connectivity index (χ1n) is 6.02. The van der Waals surface area contributed by atoms with Crippen molar-refractivity contribution in [1.29, 1.82) is 0 Å². The van der Waals surface area contributed by atoms with Crippen LogP contribution in [-0.2, 0) is 5.41 Å². The van der Waals surface area contributed by atoms with Gasteiger partial charge in [0, 0.05) is 25.2 Å². The van der Waals surface area contributed by atoms with Crippen LogP contribution >= 0.6 is 23.2 Å². The third kappa shape index (κ3) is 4.01. The summed E-state index contributed by atoms with van der Waals surface area (Å²) in [6.45, 7) is 9.23. The quantitative estimate of drug-likeness (QED) is 0.525. The van der Waals surface area contributed by atoms with E-state index in [4.69, 9.17) is 23.2 Å². The van der Waals surface area contributed by atoms with E-state index in [-0.39, 0.29) is 5.41 Å². The molecule has 0 N–H and O–H groups in total. The van der Waals surface area contributed by atoms with Crippen molar-refractivity contribution in [3.05, 3.63) is 35.4 Å². The molecule has 0 aromatic heterocycles. The van der Waals surface area contributed by atoms with E-state index in [1.54, 1.807) is 0 Å². The maximum absolute atomic E-state index is 6.26. The molecule has 0 aliphatic rings. The van der Waals surface area contributed by atoms with E-state index in [9.17, 15) is 0 Å². The highest BCUT2D eigenvalue weighted by Gasteiger charge is 2.35. The standard InChI is InChI=1S/C14H22Cl2Si/c1-12-6-5-7-13(8-12)14(9-15,10-16)11-17(2,3)4/h5-8H,9-11H2,1-4H3. The number of benzene rings is 1. The molecule has 0 saturated carbocycles. The molecule has 0 spiro atoms. The highest BCUT2D eigenvalue weighted by Crippen LogP contribution is 2.36. The predicted octanol–water partition coefficient (Wildman–Crippen LogP) is 5.05. The van der Waals surface area contributed by atoms with Crippen LogP contribution in [0.25, 0.3) is 0 Å². The third-order valence-corrected chi connectivity index (χ3v) is 5.77. The van der Waals surface area contributed by atoms with Crippen molar-refractivity contribution in [2.75, 3.05) is 11.8 Å². The number of hydrogen-bond donors (Lipinski definition) is 0. The van der Waals surface area contributed by atoms with Crippen LogP contribution < -0.4 is 0 Å². The van der Waals surface area contributed by atoms with Crippen molar-refractivity contribution in [1.82, 2.24) is 0 Å². The molecule has 0 atom stereocenters. The molecule has 0 fully saturated rings. The molecule has 96 valence electrons. The molecule has 0 nitrogen and oxygen atoms in total. The molecule has 1 rings (SSSR count). The van der Waals surface area contributed by atoms with Crippen molar-refractivity contribution in [2.45, 2.75) is 38.0 Å². The minimum atomic E-state index is -1.20. The van der Waals surface area contributed by atoms with E-state index in [1.807, 2.05) is 0 Å². The van der Waals surface area contributed by atoms with Gasteiger partial charge in [-0.25, -0.2) is 0 Å². The number of alkyl halides is 2. The lowest BCUT2D eigenvalue weighted by atomic mass is 9.85. The van der Waals surface area contributed by atoms with Gasteiger partial charge in [-0.15, -0.1) is 23.2 Å². The van der Waals surface area contributed by atoms with E-state index in [1.165, 1.54) is 11.1 Å². The summed E-state index contributed by atoms with van der Waals surface area (Å²) in [5.41, 5.74) is 2.52. The summed E-state index contributed by atoms with van der Waals surface area (Å²) in [6, 6.07) is 9.74. The molecule has 1 aromatic rings. The van der Waals surface area contributed by atoms with Crippen LogP contribution in [-0.4, -0.2) is 19.8 Å². The zero-order valence-electron chi connectivity index (χ0n) is 11.2. The van der Waals surface area contributed by atoms with Gasteiger partial charge in [0.15, 0.2) is 0 Å². The first-order valence-corrected chi connectivity index (χ1v) is 10.8. The highest BCUT2D eigenvalue weighted by atomic mass is 35.5. The van der Waals surface area contributed by atoms with Gasteiger partial charge >= 0.3 is 0 Å². The Morgan fingerprint density at radius 1 is 1.12 bits per heavy atom. The van der Waals surface area contributed by atoms with Gasteiger partial charge in [-0.3, -0.25) is 0 Å². The summed E-state index contributed by atoms with van der Waals surface area (Å²) in [5.74, 6) is 1.20. The lowest BCUT2D eigenvalue weighted by molar-refractivity contribution is 0.594. The molecule has 0 heterocycles. The Balaban J connectivity index is 3.15. The normalized spacial score (nSPS) is 12.8. The molecule has 3 heteroatoms. The van der Waals surface area contributed by atoms with Crippen molar-refractivity contribution >= 4 is 31.3 Å². The van der Waals surface area contributed by atoms with Gasteiger partial charge in [0.25, 0.3) is 0 Å². The Morgan fingerprint density at radius 2 is 1.71 bits per heavy atom. The Bertz CT molecular complexity index is 365. The Kier molecular flexibility index (Phi) is 5.12. The van der Waals surface area contributed by atoms with Gasteiger partial charge in [-0.2, -0.15) is 0 Å². The monoisotopic (exact) mass is 288 g/mol. The average molecular weight is 289 g/mol. The van der Waals surface area contributed by atoms with Crippen LogP contribution in [0.3, 0.4) is 0 Å².